The van der Waals surface area contributed by atoms with Crippen molar-refractivity contribution < 1.29 is 14.3 Å². The zero-order valence-corrected chi connectivity index (χ0v) is 8.55. The van der Waals surface area contributed by atoms with E-state index in [2.05, 4.69) is 15.9 Å². The van der Waals surface area contributed by atoms with Crippen LogP contribution in [0.5, 0.6) is 11.5 Å². The second-order valence-electron chi connectivity index (χ2n) is 2.70. The Morgan fingerprint density at radius 3 is 3.00 bits per heavy atom. The van der Waals surface area contributed by atoms with Gasteiger partial charge in [0.15, 0.2) is 6.61 Å². The highest BCUT2D eigenvalue weighted by atomic mass is 79.9. The van der Waals surface area contributed by atoms with E-state index >= 15 is 0 Å². The molecule has 0 aromatic heterocycles. The molecule has 0 aliphatic carbocycles. The lowest BCUT2D eigenvalue weighted by atomic mass is 10.1. The maximum Gasteiger partial charge on any atom is 0.204 e. The predicted octanol–water partition coefficient (Wildman–Crippen LogP) is 2.03. The van der Waals surface area contributed by atoms with Gasteiger partial charge in [-0.2, -0.15) is 0 Å². The van der Waals surface area contributed by atoms with E-state index in [9.17, 15) is 4.79 Å². The highest BCUT2D eigenvalue weighted by Gasteiger charge is 2.24. The van der Waals surface area contributed by atoms with Crippen molar-refractivity contribution in [2.75, 3.05) is 13.7 Å². The first-order valence-corrected chi connectivity index (χ1v) is 4.55. The van der Waals surface area contributed by atoms with Crippen molar-refractivity contribution in [2.24, 2.45) is 0 Å². The fraction of sp³-hybridized carbons (Fsp3) is 0.222. The molecule has 0 fully saturated rings. The molecule has 68 valence electrons. The Labute approximate surface area is 83.8 Å². The first-order chi connectivity index (χ1) is 6.22. The molecule has 1 aliphatic heterocycles. The molecule has 0 bridgehead atoms. The summed E-state index contributed by atoms with van der Waals surface area (Å²) >= 11 is 3.31. The molecule has 0 radical (unpaired) electrons. The van der Waals surface area contributed by atoms with Crippen LogP contribution in [0.25, 0.3) is 0 Å². The molecule has 1 aromatic carbocycles. The lowest BCUT2D eigenvalue weighted by molar-refractivity contribution is 0.0961. The molecule has 1 aromatic rings. The molecule has 13 heavy (non-hydrogen) atoms. The van der Waals surface area contributed by atoms with Crippen LogP contribution in [0.15, 0.2) is 16.6 Å². The summed E-state index contributed by atoms with van der Waals surface area (Å²) in [7, 11) is 1.56. The Kier molecular flexibility index (Phi) is 2.00. The van der Waals surface area contributed by atoms with Crippen LogP contribution in [0.4, 0.5) is 0 Å². The smallest absolute Gasteiger partial charge is 0.204 e. The SMILES string of the molecule is COc1cc(Br)c2c(c1)C(=O)CO2. The van der Waals surface area contributed by atoms with Gasteiger partial charge in [-0.3, -0.25) is 4.79 Å². The Morgan fingerprint density at radius 2 is 2.31 bits per heavy atom. The van der Waals surface area contributed by atoms with Crippen molar-refractivity contribution in [1.29, 1.82) is 0 Å². The summed E-state index contributed by atoms with van der Waals surface area (Å²) in [4.78, 5) is 11.3. The van der Waals surface area contributed by atoms with E-state index in [-0.39, 0.29) is 12.4 Å². The van der Waals surface area contributed by atoms with Gasteiger partial charge in [0, 0.05) is 0 Å². The number of ketones is 1. The van der Waals surface area contributed by atoms with Crippen molar-refractivity contribution in [3.8, 4) is 11.5 Å². The molecule has 1 aliphatic rings. The lowest BCUT2D eigenvalue weighted by Crippen LogP contribution is -1.98. The van der Waals surface area contributed by atoms with Crippen molar-refractivity contribution in [1.82, 2.24) is 0 Å². The fourth-order valence-corrected chi connectivity index (χ4v) is 1.81. The Hall–Kier alpha value is -1.03. The largest absolute Gasteiger partial charge is 0.497 e. The normalized spacial score (nSPS) is 13.8. The Balaban J connectivity index is 2.60. The molecule has 0 unspecified atom stereocenters. The minimum Gasteiger partial charge on any atom is -0.497 e. The maximum absolute atomic E-state index is 11.3. The number of carbonyl (C=O) groups is 1. The highest BCUT2D eigenvalue weighted by molar-refractivity contribution is 9.10. The predicted molar refractivity (Wildman–Crippen MR) is 50.5 cm³/mol. The van der Waals surface area contributed by atoms with Crippen molar-refractivity contribution in [3.05, 3.63) is 22.2 Å². The number of halogens is 1. The van der Waals surface area contributed by atoms with Crippen LogP contribution in [-0.4, -0.2) is 19.5 Å². The molecular weight excluding hydrogens is 236 g/mol. The number of carbonyl (C=O) groups excluding carboxylic acids is 1. The molecule has 1 heterocycles. The van der Waals surface area contributed by atoms with Gasteiger partial charge in [-0.15, -0.1) is 0 Å². The highest BCUT2D eigenvalue weighted by Crippen LogP contribution is 2.36. The Morgan fingerprint density at radius 1 is 1.54 bits per heavy atom. The molecule has 0 spiro atoms. The van der Waals surface area contributed by atoms with Crippen LogP contribution in [-0.2, 0) is 0 Å². The number of hydrogen-bond donors (Lipinski definition) is 0. The number of methoxy groups -OCH3 is 1. The number of rotatable bonds is 1. The van der Waals surface area contributed by atoms with Crippen LogP contribution in [0.1, 0.15) is 10.4 Å². The zero-order chi connectivity index (χ0) is 9.42. The van der Waals surface area contributed by atoms with E-state index in [4.69, 9.17) is 9.47 Å². The number of fused-ring (bicyclic) bond motifs is 1. The summed E-state index contributed by atoms with van der Waals surface area (Å²) in [5.41, 5.74) is 0.589. The van der Waals surface area contributed by atoms with Gasteiger partial charge in [-0.1, -0.05) is 0 Å². The van der Waals surface area contributed by atoms with E-state index in [0.29, 0.717) is 17.1 Å². The number of Topliss-reactive ketones (excluding diaryl/α,β-unsaturated/α-hetero) is 1. The minimum atomic E-state index is -0.00500. The maximum atomic E-state index is 11.3. The molecule has 0 saturated carbocycles. The summed E-state index contributed by atoms with van der Waals surface area (Å²) in [5, 5.41) is 0. The zero-order valence-electron chi connectivity index (χ0n) is 6.96. The average molecular weight is 243 g/mol. The monoisotopic (exact) mass is 242 g/mol. The van der Waals surface area contributed by atoms with Gasteiger partial charge in [-0.05, 0) is 28.1 Å². The van der Waals surface area contributed by atoms with Crippen LogP contribution < -0.4 is 9.47 Å². The second kappa shape index (κ2) is 3.03. The van der Waals surface area contributed by atoms with Gasteiger partial charge >= 0.3 is 0 Å². The van der Waals surface area contributed by atoms with E-state index in [1.165, 1.54) is 0 Å². The molecule has 0 amide bonds. The van der Waals surface area contributed by atoms with Crippen LogP contribution in [0.2, 0.25) is 0 Å². The number of benzene rings is 1. The van der Waals surface area contributed by atoms with Gasteiger partial charge in [0.2, 0.25) is 5.78 Å². The van der Waals surface area contributed by atoms with Gasteiger partial charge in [0.05, 0.1) is 17.1 Å². The van der Waals surface area contributed by atoms with Gasteiger partial charge < -0.3 is 9.47 Å². The minimum absolute atomic E-state index is 0.00500. The molecule has 0 saturated heterocycles. The molecule has 4 heteroatoms. The summed E-state index contributed by atoms with van der Waals surface area (Å²) in [6.45, 7) is 0.126. The summed E-state index contributed by atoms with van der Waals surface area (Å²) in [5.74, 6) is 1.27. The standard InChI is InChI=1S/C9H7BrO3/c1-12-5-2-6-8(11)4-13-9(6)7(10)3-5/h2-3H,4H2,1H3. The third-order valence-corrected chi connectivity index (χ3v) is 2.49. The van der Waals surface area contributed by atoms with Crippen molar-refractivity contribution >= 4 is 21.7 Å². The van der Waals surface area contributed by atoms with Crippen molar-refractivity contribution in [2.45, 2.75) is 0 Å². The number of hydrogen-bond acceptors (Lipinski definition) is 3. The topological polar surface area (TPSA) is 35.5 Å². The second-order valence-corrected chi connectivity index (χ2v) is 3.55. The summed E-state index contributed by atoms with van der Waals surface area (Å²) in [6, 6.07) is 3.47. The van der Waals surface area contributed by atoms with Gasteiger partial charge in [-0.25, -0.2) is 0 Å². The molecular formula is C9H7BrO3. The van der Waals surface area contributed by atoms with E-state index in [1.807, 2.05) is 0 Å². The van der Waals surface area contributed by atoms with E-state index < -0.39 is 0 Å². The first-order valence-electron chi connectivity index (χ1n) is 3.76. The van der Waals surface area contributed by atoms with Crippen molar-refractivity contribution in [3.63, 3.8) is 0 Å². The average Bonchev–Trinajstić information content (AvgIpc) is 2.48. The third kappa shape index (κ3) is 1.31. The van der Waals surface area contributed by atoms with Gasteiger partial charge in [0.1, 0.15) is 11.5 Å². The quantitative estimate of drug-likeness (QED) is 0.757. The van der Waals surface area contributed by atoms with Crippen LogP contribution in [0, 0.1) is 0 Å². The molecule has 3 nitrogen and oxygen atoms in total. The van der Waals surface area contributed by atoms with E-state index in [0.717, 1.165) is 4.47 Å². The molecule has 0 N–H and O–H groups in total. The summed E-state index contributed by atoms with van der Waals surface area (Å²) in [6.07, 6.45) is 0. The van der Waals surface area contributed by atoms with E-state index in [1.54, 1.807) is 19.2 Å². The molecule has 0 atom stereocenters. The fourth-order valence-electron chi connectivity index (χ4n) is 1.26. The summed E-state index contributed by atoms with van der Waals surface area (Å²) < 4.78 is 11.0. The lowest BCUT2D eigenvalue weighted by Gasteiger charge is -2.04. The first kappa shape index (κ1) is 8.56. The third-order valence-electron chi connectivity index (χ3n) is 1.90. The Bertz CT molecular complexity index is 373. The van der Waals surface area contributed by atoms with Crippen LogP contribution in [0.3, 0.4) is 0 Å². The molecule has 2 rings (SSSR count). The number of ether oxygens (including phenoxy) is 2. The van der Waals surface area contributed by atoms with Crippen LogP contribution >= 0.6 is 15.9 Å². The van der Waals surface area contributed by atoms with Gasteiger partial charge in [0.25, 0.3) is 0 Å².